The summed E-state index contributed by atoms with van der Waals surface area (Å²) in [5.41, 5.74) is 2.47. The summed E-state index contributed by atoms with van der Waals surface area (Å²) in [4.78, 5) is 43.4. The summed E-state index contributed by atoms with van der Waals surface area (Å²) < 4.78 is 1.54. The van der Waals surface area contributed by atoms with Crippen molar-refractivity contribution in [3.05, 3.63) is 104 Å². The average molecular weight is 446 g/mol. The highest BCUT2D eigenvalue weighted by atomic mass is 35.5. The zero-order valence-corrected chi connectivity index (χ0v) is 18.3. The maximum absolute atomic E-state index is 13.1. The van der Waals surface area contributed by atoms with E-state index in [-0.39, 0.29) is 23.4 Å². The van der Waals surface area contributed by atoms with E-state index in [0.29, 0.717) is 27.6 Å². The Morgan fingerprint density at radius 1 is 1.03 bits per heavy atom. The predicted octanol–water partition coefficient (Wildman–Crippen LogP) is 4.54. The zero-order chi connectivity index (χ0) is 22.8. The summed E-state index contributed by atoms with van der Waals surface area (Å²) >= 11 is 6.05. The number of ketones is 1. The third-order valence-electron chi connectivity index (χ3n) is 5.13. The van der Waals surface area contributed by atoms with Crippen LogP contribution >= 0.6 is 11.6 Å². The van der Waals surface area contributed by atoms with E-state index in [1.807, 2.05) is 13.0 Å². The van der Waals surface area contributed by atoms with Gasteiger partial charge in [0.25, 0.3) is 0 Å². The van der Waals surface area contributed by atoms with Crippen LogP contribution < -0.4 is 10.7 Å². The minimum Gasteiger partial charge on any atom is -0.324 e. The van der Waals surface area contributed by atoms with Gasteiger partial charge in [-0.2, -0.15) is 0 Å². The molecule has 4 rings (SSSR count). The average Bonchev–Trinajstić information content (AvgIpc) is 2.78. The molecule has 6 nitrogen and oxygen atoms in total. The summed E-state index contributed by atoms with van der Waals surface area (Å²) in [6.07, 6.45) is 1.41. The summed E-state index contributed by atoms with van der Waals surface area (Å²) in [5.74, 6) is -0.736. The van der Waals surface area contributed by atoms with E-state index in [2.05, 4.69) is 10.3 Å². The van der Waals surface area contributed by atoms with Gasteiger partial charge in [0, 0.05) is 28.2 Å². The number of hydrogen-bond donors (Lipinski definition) is 1. The lowest BCUT2D eigenvalue weighted by atomic mass is 10.0. The molecular weight excluding hydrogens is 426 g/mol. The summed E-state index contributed by atoms with van der Waals surface area (Å²) in [5, 5.41) is 3.63. The minimum absolute atomic E-state index is 0.0129. The van der Waals surface area contributed by atoms with Crippen molar-refractivity contribution in [2.45, 2.75) is 20.4 Å². The van der Waals surface area contributed by atoms with Gasteiger partial charge < -0.3 is 9.88 Å². The third-order valence-corrected chi connectivity index (χ3v) is 5.36. The van der Waals surface area contributed by atoms with Gasteiger partial charge in [-0.15, -0.1) is 0 Å². The molecule has 0 aliphatic rings. The number of nitrogens with zero attached hydrogens (tertiary/aromatic N) is 2. The number of carbonyl (C=O) groups excluding carboxylic acids is 2. The lowest BCUT2D eigenvalue weighted by Gasteiger charge is -2.14. The number of rotatable bonds is 5. The van der Waals surface area contributed by atoms with Crippen molar-refractivity contribution in [2.75, 3.05) is 5.32 Å². The highest BCUT2D eigenvalue weighted by molar-refractivity contribution is 6.31. The molecule has 0 fully saturated rings. The van der Waals surface area contributed by atoms with Crippen molar-refractivity contribution in [2.24, 2.45) is 0 Å². The van der Waals surface area contributed by atoms with Crippen molar-refractivity contribution in [3.63, 3.8) is 0 Å². The van der Waals surface area contributed by atoms with E-state index in [0.717, 1.165) is 5.56 Å². The molecule has 1 amide bonds. The highest BCUT2D eigenvalue weighted by Gasteiger charge is 2.19. The Balaban J connectivity index is 1.77. The van der Waals surface area contributed by atoms with E-state index in [1.54, 1.807) is 61.5 Å². The molecule has 2 aromatic heterocycles. The summed E-state index contributed by atoms with van der Waals surface area (Å²) in [6.45, 7) is 3.53. The highest BCUT2D eigenvalue weighted by Crippen LogP contribution is 2.20. The number of amides is 1. The van der Waals surface area contributed by atoms with Crippen LogP contribution in [-0.2, 0) is 11.3 Å². The monoisotopic (exact) mass is 445 g/mol. The molecular formula is C25H20ClN3O3. The van der Waals surface area contributed by atoms with Gasteiger partial charge in [0.05, 0.1) is 10.9 Å². The Bertz CT molecular complexity index is 1410. The smallest absolute Gasteiger partial charge is 0.244 e. The second-order valence-electron chi connectivity index (χ2n) is 7.53. The lowest BCUT2D eigenvalue weighted by molar-refractivity contribution is -0.116. The Morgan fingerprint density at radius 2 is 1.78 bits per heavy atom. The molecule has 4 aromatic rings. The molecule has 32 heavy (non-hydrogen) atoms. The van der Waals surface area contributed by atoms with Gasteiger partial charge in [-0.3, -0.25) is 14.4 Å². The number of nitrogens with one attached hydrogen (secondary N) is 1. The first kappa shape index (κ1) is 21.5. The second kappa shape index (κ2) is 8.77. The van der Waals surface area contributed by atoms with E-state index in [1.165, 1.54) is 10.8 Å². The Kier molecular flexibility index (Phi) is 5.88. The van der Waals surface area contributed by atoms with Gasteiger partial charge in [0.1, 0.15) is 12.2 Å². The number of anilines is 1. The molecule has 2 aromatic carbocycles. The van der Waals surface area contributed by atoms with Crippen LogP contribution in [0, 0.1) is 13.8 Å². The fraction of sp³-hybridized carbons (Fsp3) is 0.120. The van der Waals surface area contributed by atoms with Crippen LogP contribution in [0.25, 0.3) is 11.0 Å². The molecule has 0 atom stereocenters. The maximum Gasteiger partial charge on any atom is 0.244 e. The van der Waals surface area contributed by atoms with Crippen molar-refractivity contribution >= 4 is 40.0 Å². The summed E-state index contributed by atoms with van der Waals surface area (Å²) in [7, 11) is 0. The van der Waals surface area contributed by atoms with Gasteiger partial charge in [0.2, 0.25) is 11.3 Å². The standard InChI is InChI=1S/C25H20ClN3O3/c1-15-8-10-18(26)12-21(15)28-22(30)14-29-13-20(23(31)17-6-4-3-5-7-17)24(32)19-11-9-16(2)27-25(19)29/h3-13H,14H2,1-2H3,(H,28,30). The number of benzene rings is 2. The summed E-state index contributed by atoms with van der Waals surface area (Å²) in [6, 6.07) is 17.1. The normalized spacial score (nSPS) is 10.8. The van der Waals surface area contributed by atoms with E-state index >= 15 is 0 Å². The molecule has 0 aliphatic heterocycles. The van der Waals surface area contributed by atoms with Crippen molar-refractivity contribution in [1.82, 2.24) is 9.55 Å². The first-order valence-electron chi connectivity index (χ1n) is 10.00. The van der Waals surface area contributed by atoms with Gasteiger partial charge in [0.15, 0.2) is 5.78 Å². The van der Waals surface area contributed by atoms with Crippen molar-refractivity contribution in [3.8, 4) is 0 Å². The first-order chi connectivity index (χ1) is 15.3. The van der Waals surface area contributed by atoms with Gasteiger partial charge in [-0.05, 0) is 43.7 Å². The van der Waals surface area contributed by atoms with E-state index in [9.17, 15) is 14.4 Å². The molecule has 0 aliphatic carbocycles. The molecule has 2 heterocycles. The molecule has 0 saturated carbocycles. The third kappa shape index (κ3) is 4.31. The number of halogens is 1. The number of pyridine rings is 2. The largest absolute Gasteiger partial charge is 0.324 e. The van der Waals surface area contributed by atoms with Crippen molar-refractivity contribution in [1.29, 1.82) is 0 Å². The Morgan fingerprint density at radius 3 is 2.53 bits per heavy atom. The fourth-order valence-corrected chi connectivity index (χ4v) is 3.63. The SMILES string of the molecule is Cc1ccc2c(=O)c(C(=O)c3ccccc3)cn(CC(=O)Nc3cc(Cl)ccc3C)c2n1. The van der Waals surface area contributed by atoms with Crippen LogP contribution in [0.15, 0.2) is 71.7 Å². The number of fused-ring (bicyclic) bond motifs is 1. The molecule has 0 radical (unpaired) electrons. The van der Waals surface area contributed by atoms with Crippen molar-refractivity contribution < 1.29 is 9.59 Å². The van der Waals surface area contributed by atoms with Gasteiger partial charge >= 0.3 is 0 Å². The fourth-order valence-electron chi connectivity index (χ4n) is 3.46. The minimum atomic E-state index is -0.413. The molecule has 160 valence electrons. The number of aromatic nitrogens is 2. The lowest BCUT2D eigenvalue weighted by Crippen LogP contribution is -2.25. The second-order valence-corrected chi connectivity index (χ2v) is 7.96. The van der Waals surface area contributed by atoms with Crippen LogP contribution in [0.1, 0.15) is 27.2 Å². The van der Waals surface area contributed by atoms with Crippen LogP contribution in [-0.4, -0.2) is 21.2 Å². The molecule has 0 saturated heterocycles. The van der Waals surface area contributed by atoms with Crippen LogP contribution in [0.4, 0.5) is 5.69 Å². The van der Waals surface area contributed by atoms with Gasteiger partial charge in [-0.25, -0.2) is 4.98 Å². The van der Waals surface area contributed by atoms with E-state index < -0.39 is 11.2 Å². The maximum atomic E-state index is 13.1. The number of carbonyl (C=O) groups is 2. The molecule has 1 N–H and O–H groups in total. The molecule has 0 unspecified atom stereocenters. The van der Waals surface area contributed by atoms with Crippen LogP contribution in [0.5, 0.6) is 0 Å². The topological polar surface area (TPSA) is 81.1 Å². The number of aryl methyl sites for hydroxylation is 2. The van der Waals surface area contributed by atoms with Gasteiger partial charge in [-0.1, -0.05) is 48.0 Å². The Hall–Kier alpha value is -3.77. The van der Waals surface area contributed by atoms with Crippen LogP contribution in [0.2, 0.25) is 5.02 Å². The predicted molar refractivity (Wildman–Crippen MR) is 125 cm³/mol. The number of hydrogen-bond acceptors (Lipinski definition) is 4. The zero-order valence-electron chi connectivity index (χ0n) is 17.6. The Labute approximate surface area is 189 Å². The molecule has 0 spiro atoms. The molecule has 0 bridgehead atoms. The quantitative estimate of drug-likeness (QED) is 0.457. The first-order valence-corrected chi connectivity index (χ1v) is 10.4. The van der Waals surface area contributed by atoms with E-state index in [4.69, 9.17) is 11.6 Å². The van der Waals surface area contributed by atoms with Crippen LogP contribution in [0.3, 0.4) is 0 Å². The molecule has 7 heteroatoms.